The van der Waals surface area contributed by atoms with E-state index in [2.05, 4.69) is 17.1 Å². The summed E-state index contributed by atoms with van der Waals surface area (Å²) in [6, 6.07) is -0.726. The molecule has 1 aliphatic heterocycles. The smallest absolute Gasteiger partial charge is 0.326 e. The zero-order chi connectivity index (χ0) is 16.0. The first-order valence-corrected chi connectivity index (χ1v) is 7.83. The number of nitrogens with zero attached hydrogens (tertiary/aromatic N) is 2. The highest BCUT2D eigenvalue weighted by atomic mass is 16.4. The predicted molar refractivity (Wildman–Crippen MR) is 82.3 cm³/mol. The molecule has 1 aliphatic rings. The molecule has 0 saturated carbocycles. The molecule has 0 aliphatic carbocycles. The number of likely N-dealkylation sites (N-methyl/N-ethyl adjacent to an activating group) is 2. The van der Waals surface area contributed by atoms with Crippen LogP contribution in [-0.4, -0.2) is 65.7 Å². The van der Waals surface area contributed by atoms with Crippen molar-refractivity contribution in [3.63, 3.8) is 0 Å². The summed E-state index contributed by atoms with van der Waals surface area (Å²) >= 11 is 0. The van der Waals surface area contributed by atoms with Gasteiger partial charge in [0.25, 0.3) is 0 Å². The molecule has 2 N–H and O–H groups in total. The molecule has 6 nitrogen and oxygen atoms in total. The number of carbonyl (C=O) groups excluding carboxylic acids is 1. The van der Waals surface area contributed by atoms with Gasteiger partial charge in [-0.15, -0.1) is 0 Å². The molecule has 0 aromatic heterocycles. The number of urea groups is 1. The Morgan fingerprint density at radius 2 is 2.10 bits per heavy atom. The summed E-state index contributed by atoms with van der Waals surface area (Å²) in [4.78, 5) is 27.3. The first-order chi connectivity index (χ1) is 9.85. The minimum absolute atomic E-state index is 0.224. The van der Waals surface area contributed by atoms with Gasteiger partial charge < -0.3 is 15.3 Å². The molecular formula is C15H29N3O3. The molecule has 0 radical (unpaired) electrons. The molecule has 21 heavy (non-hydrogen) atoms. The number of hydrogen-bond acceptors (Lipinski definition) is 3. The van der Waals surface area contributed by atoms with E-state index in [1.54, 1.807) is 11.9 Å². The molecule has 6 heteroatoms. The molecule has 1 fully saturated rings. The summed E-state index contributed by atoms with van der Waals surface area (Å²) in [5.41, 5.74) is 0. The number of likely N-dealkylation sites (tertiary alicyclic amines) is 1. The van der Waals surface area contributed by atoms with Crippen LogP contribution in [0.15, 0.2) is 0 Å². The number of carbonyl (C=O) groups is 2. The maximum Gasteiger partial charge on any atom is 0.326 e. The minimum Gasteiger partial charge on any atom is -0.480 e. The Morgan fingerprint density at radius 3 is 2.62 bits per heavy atom. The van der Waals surface area contributed by atoms with E-state index >= 15 is 0 Å². The number of rotatable bonds is 7. The minimum atomic E-state index is -0.971. The fourth-order valence-electron chi connectivity index (χ4n) is 2.87. The lowest BCUT2D eigenvalue weighted by molar-refractivity contribution is -0.139. The lowest BCUT2D eigenvalue weighted by Gasteiger charge is -2.29. The van der Waals surface area contributed by atoms with Crippen LogP contribution in [0, 0.1) is 5.92 Å². The fraction of sp³-hybridized carbons (Fsp3) is 0.867. The zero-order valence-corrected chi connectivity index (χ0v) is 13.6. The Bertz CT molecular complexity index is 360. The predicted octanol–water partition coefficient (Wildman–Crippen LogP) is 1.61. The average molecular weight is 299 g/mol. The number of hydrogen-bond donors (Lipinski definition) is 2. The van der Waals surface area contributed by atoms with Gasteiger partial charge >= 0.3 is 12.0 Å². The maximum atomic E-state index is 12.2. The van der Waals surface area contributed by atoms with Crippen LogP contribution < -0.4 is 5.32 Å². The topological polar surface area (TPSA) is 72.9 Å². The molecule has 0 aromatic rings. The molecule has 2 atom stereocenters. The van der Waals surface area contributed by atoms with E-state index in [1.807, 2.05) is 13.8 Å². The van der Waals surface area contributed by atoms with Crippen LogP contribution in [0.1, 0.15) is 40.0 Å². The van der Waals surface area contributed by atoms with Crippen molar-refractivity contribution in [2.75, 3.05) is 26.7 Å². The first-order valence-electron chi connectivity index (χ1n) is 7.83. The van der Waals surface area contributed by atoms with Gasteiger partial charge in [-0.2, -0.15) is 0 Å². The number of carboxylic acids is 1. The average Bonchev–Trinajstić information content (AvgIpc) is 2.84. The third-order valence-electron chi connectivity index (χ3n) is 4.04. The van der Waals surface area contributed by atoms with Crippen molar-refractivity contribution in [2.24, 2.45) is 5.92 Å². The van der Waals surface area contributed by atoms with E-state index in [0.717, 1.165) is 19.5 Å². The van der Waals surface area contributed by atoms with Crippen molar-refractivity contribution in [2.45, 2.75) is 52.1 Å². The second-order valence-corrected chi connectivity index (χ2v) is 6.28. The Morgan fingerprint density at radius 1 is 1.43 bits per heavy atom. The van der Waals surface area contributed by atoms with Crippen molar-refractivity contribution in [3.05, 3.63) is 0 Å². The van der Waals surface area contributed by atoms with E-state index in [-0.39, 0.29) is 11.9 Å². The Labute approximate surface area is 127 Å². The van der Waals surface area contributed by atoms with E-state index in [4.69, 9.17) is 0 Å². The van der Waals surface area contributed by atoms with Crippen LogP contribution in [0.4, 0.5) is 4.79 Å². The standard InChI is InChI=1S/C15H29N3O3/c1-5-18-8-6-7-12(18)10-17(4)15(21)16-13(14(19)20)9-11(2)3/h11-13H,5-10H2,1-4H3,(H,16,21)(H,19,20). The normalized spacial score (nSPS) is 20.5. The largest absolute Gasteiger partial charge is 0.480 e. The number of amides is 2. The van der Waals surface area contributed by atoms with E-state index in [1.165, 1.54) is 6.42 Å². The van der Waals surface area contributed by atoms with Crippen molar-refractivity contribution in [3.8, 4) is 0 Å². The number of carboxylic acid groups (broad SMARTS) is 1. The van der Waals surface area contributed by atoms with Crippen molar-refractivity contribution in [1.29, 1.82) is 0 Å². The quantitative estimate of drug-likeness (QED) is 0.749. The second kappa shape index (κ2) is 8.22. The fourth-order valence-corrected chi connectivity index (χ4v) is 2.87. The van der Waals surface area contributed by atoms with Crippen molar-refractivity contribution >= 4 is 12.0 Å². The summed E-state index contributed by atoms with van der Waals surface area (Å²) in [5.74, 6) is -0.747. The molecule has 1 rings (SSSR count). The lowest BCUT2D eigenvalue weighted by Crippen LogP contribution is -2.50. The number of aliphatic carboxylic acids is 1. The summed E-state index contributed by atoms with van der Waals surface area (Å²) in [6.07, 6.45) is 2.71. The Balaban J connectivity index is 2.51. The van der Waals surface area contributed by atoms with Gasteiger partial charge in [0.2, 0.25) is 0 Å². The zero-order valence-electron chi connectivity index (χ0n) is 13.6. The molecule has 0 spiro atoms. The highest BCUT2D eigenvalue weighted by molar-refractivity contribution is 5.82. The molecule has 2 unspecified atom stereocenters. The second-order valence-electron chi connectivity index (χ2n) is 6.28. The Hall–Kier alpha value is -1.30. The van der Waals surface area contributed by atoms with Gasteiger partial charge in [-0.05, 0) is 38.3 Å². The van der Waals surface area contributed by atoms with Crippen LogP contribution in [0.5, 0.6) is 0 Å². The van der Waals surface area contributed by atoms with Crippen LogP contribution >= 0.6 is 0 Å². The molecule has 0 aromatic carbocycles. The third kappa shape index (κ3) is 5.53. The first kappa shape index (κ1) is 17.8. The van der Waals surface area contributed by atoms with Crippen LogP contribution in [0.25, 0.3) is 0 Å². The van der Waals surface area contributed by atoms with Gasteiger partial charge in [-0.1, -0.05) is 20.8 Å². The lowest BCUT2D eigenvalue weighted by atomic mass is 10.0. The molecule has 1 heterocycles. The van der Waals surface area contributed by atoms with E-state index in [0.29, 0.717) is 19.0 Å². The molecule has 122 valence electrons. The van der Waals surface area contributed by atoms with Gasteiger partial charge in [-0.25, -0.2) is 9.59 Å². The Kier molecular flexibility index (Phi) is 6.95. The van der Waals surface area contributed by atoms with Gasteiger partial charge in [0.1, 0.15) is 6.04 Å². The van der Waals surface area contributed by atoms with Crippen LogP contribution in [0.2, 0.25) is 0 Å². The highest BCUT2D eigenvalue weighted by Gasteiger charge is 2.27. The van der Waals surface area contributed by atoms with E-state index in [9.17, 15) is 14.7 Å². The monoisotopic (exact) mass is 299 g/mol. The van der Waals surface area contributed by atoms with Crippen molar-refractivity contribution < 1.29 is 14.7 Å². The summed E-state index contributed by atoms with van der Waals surface area (Å²) in [7, 11) is 1.73. The SMILES string of the molecule is CCN1CCCC1CN(C)C(=O)NC(CC(C)C)C(=O)O. The summed E-state index contributed by atoms with van der Waals surface area (Å²) < 4.78 is 0. The van der Waals surface area contributed by atoms with Gasteiger partial charge in [0.15, 0.2) is 0 Å². The third-order valence-corrected chi connectivity index (χ3v) is 4.04. The number of nitrogens with one attached hydrogen (secondary N) is 1. The molecular weight excluding hydrogens is 270 g/mol. The van der Waals surface area contributed by atoms with Gasteiger partial charge in [0.05, 0.1) is 0 Å². The van der Waals surface area contributed by atoms with Crippen LogP contribution in [0.3, 0.4) is 0 Å². The maximum absolute atomic E-state index is 12.2. The molecule has 0 bridgehead atoms. The summed E-state index contributed by atoms with van der Waals surface area (Å²) in [6.45, 7) is 8.75. The molecule has 1 saturated heterocycles. The highest BCUT2D eigenvalue weighted by Crippen LogP contribution is 2.17. The van der Waals surface area contributed by atoms with Crippen LogP contribution in [-0.2, 0) is 4.79 Å². The van der Waals surface area contributed by atoms with Gasteiger partial charge in [0, 0.05) is 19.6 Å². The van der Waals surface area contributed by atoms with E-state index < -0.39 is 12.0 Å². The summed E-state index contributed by atoms with van der Waals surface area (Å²) in [5, 5.41) is 11.8. The van der Waals surface area contributed by atoms with Crippen molar-refractivity contribution in [1.82, 2.24) is 15.1 Å². The van der Waals surface area contributed by atoms with Gasteiger partial charge in [-0.3, -0.25) is 4.90 Å². The molecule has 2 amide bonds.